The molecule has 110 valence electrons. The number of rotatable bonds is 2. The summed E-state index contributed by atoms with van der Waals surface area (Å²) in [6.45, 7) is 0. The molecule has 8 aliphatic rings. The molecule has 8 heterocycles. The van der Waals surface area contributed by atoms with Crippen LogP contribution in [-0.4, -0.2) is 82.9 Å². The summed E-state index contributed by atoms with van der Waals surface area (Å²) in [6.07, 6.45) is 0. The molecule has 0 aromatic rings. The molecule has 21 heavy (non-hydrogen) atoms. The fraction of sp³-hybridized carbons (Fsp3) is 0. The number of hydrogen-bond donors (Lipinski definition) is 0. The van der Waals surface area contributed by atoms with E-state index >= 15 is 0 Å². The van der Waals surface area contributed by atoms with Gasteiger partial charge in [0.2, 0.25) is 0 Å². The maximum atomic E-state index is 2.94. The first kappa shape index (κ1) is 20.5. The van der Waals surface area contributed by atoms with Crippen molar-refractivity contribution in [1.29, 1.82) is 0 Å². The Kier molecular flexibility index (Phi) is 8.15. The van der Waals surface area contributed by atoms with Crippen molar-refractivity contribution in [3.63, 3.8) is 0 Å². The van der Waals surface area contributed by atoms with Gasteiger partial charge in [-0.15, -0.1) is 0 Å². The van der Waals surface area contributed by atoms with Gasteiger partial charge in [0.05, 0.1) is 0 Å². The van der Waals surface area contributed by atoms with Crippen molar-refractivity contribution in [3.05, 3.63) is 0 Å². The molecule has 6 radical (unpaired) electrons. The Labute approximate surface area is 186 Å². The van der Waals surface area contributed by atoms with Crippen molar-refractivity contribution >= 4 is 192 Å². The van der Waals surface area contributed by atoms with E-state index in [0.29, 0.717) is 0 Å². The van der Waals surface area contributed by atoms with Crippen molar-refractivity contribution in [3.8, 4) is 0 Å². The Morgan fingerprint density at radius 2 is 0.667 bits per heavy atom. The van der Waals surface area contributed by atoms with Crippen LogP contribution in [0.25, 0.3) is 0 Å². The zero-order valence-electron chi connectivity index (χ0n) is 9.31. The minimum absolute atomic E-state index is 0.627. The molecular formula is Ge8S13. The third-order valence-corrected chi connectivity index (χ3v) is 608. The van der Waals surface area contributed by atoms with Crippen LogP contribution < -0.4 is 0 Å². The molecule has 8 bridgehead atoms. The van der Waals surface area contributed by atoms with Gasteiger partial charge in [-0.3, -0.25) is 0 Å². The standard InChI is InChI=1S/Ge8S13/c9-1-10-3-11-2(9)16-7(15-1,17-3)21-8-18-4-12-5(19-8)14-6(13-4)20-8. The summed E-state index contributed by atoms with van der Waals surface area (Å²) < 4.78 is 0. The van der Waals surface area contributed by atoms with E-state index in [2.05, 4.69) is 109 Å². The van der Waals surface area contributed by atoms with E-state index in [9.17, 15) is 0 Å². The minimum atomic E-state index is -1.52. The third-order valence-electron chi connectivity index (χ3n) is 2.50. The van der Waals surface area contributed by atoms with Crippen LogP contribution in [-0.2, 0) is 0 Å². The van der Waals surface area contributed by atoms with Crippen LogP contribution in [0.15, 0.2) is 0 Å². The summed E-state index contributed by atoms with van der Waals surface area (Å²) in [7, 11) is 28.8. The molecule has 0 saturated carbocycles. The maximum absolute atomic E-state index is 2.94. The molecule has 0 atom stereocenters. The Morgan fingerprint density at radius 1 is 0.429 bits per heavy atom. The van der Waals surface area contributed by atoms with Crippen molar-refractivity contribution in [2.45, 2.75) is 0 Å². The molecule has 0 N–H and O–H groups in total. The Bertz CT molecular complexity index is 366. The Balaban J connectivity index is 1.31. The monoisotopic (exact) mass is 1010 g/mol. The molecule has 0 unspecified atom stereocenters. The van der Waals surface area contributed by atoms with Crippen molar-refractivity contribution < 1.29 is 0 Å². The van der Waals surface area contributed by atoms with E-state index < -0.39 is 82.9 Å². The van der Waals surface area contributed by atoms with Gasteiger partial charge in [-0.2, -0.15) is 0 Å². The van der Waals surface area contributed by atoms with E-state index in [4.69, 9.17) is 0 Å². The van der Waals surface area contributed by atoms with E-state index in [1.807, 2.05) is 0 Å². The normalized spacial score (nSPS) is 38.9. The fourth-order valence-corrected chi connectivity index (χ4v) is 1640. The van der Waals surface area contributed by atoms with Gasteiger partial charge in [0.1, 0.15) is 0 Å². The van der Waals surface area contributed by atoms with Gasteiger partial charge in [0.15, 0.2) is 0 Å². The van der Waals surface area contributed by atoms with Crippen LogP contribution in [0, 0.1) is 0 Å². The van der Waals surface area contributed by atoms with Gasteiger partial charge in [0, 0.05) is 0 Å². The van der Waals surface area contributed by atoms with E-state index in [1.54, 1.807) is 0 Å². The predicted molar refractivity (Wildman–Crippen MR) is 145 cm³/mol. The first-order chi connectivity index (χ1) is 10.2. The van der Waals surface area contributed by atoms with E-state index in [1.165, 1.54) is 0 Å². The zero-order chi connectivity index (χ0) is 13.7. The van der Waals surface area contributed by atoms with Crippen molar-refractivity contribution in [2.24, 2.45) is 0 Å². The fourth-order valence-electron chi connectivity index (χ4n) is 1.80. The molecular weight excluding hydrogens is 998 g/mol. The third kappa shape index (κ3) is 4.40. The van der Waals surface area contributed by atoms with Crippen LogP contribution in [0.5, 0.6) is 0 Å². The summed E-state index contributed by atoms with van der Waals surface area (Å²) >= 11 is 0. The molecule has 0 aliphatic carbocycles. The van der Waals surface area contributed by atoms with Crippen LogP contribution in [0.3, 0.4) is 0 Å². The molecule has 0 aromatic carbocycles. The van der Waals surface area contributed by atoms with Gasteiger partial charge in [-0.25, -0.2) is 0 Å². The summed E-state index contributed by atoms with van der Waals surface area (Å²) in [4.78, 5) is 0. The molecule has 8 rings (SSSR count). The van der Waals surface area contributed by atoms with Gasteiger partial charge < -0.3 is 0 Å². The van der Waals surface area contributed by atoms with Gasteiger partial charge >= 0.3 is 192 Å². The molecule has 0 aromatic heterocycles. The van der Waals surface area contributed by atoms with Crippen LogP contribution >= 0.6 is 109 Å². The van der Waals surface area contributed by atoms with Crippen LogP contribution in [0.4, 0.5) is 0 Å². The number of hydrogen-bond acceptors (Lipinski definition) is 13. The SMILES string of the molecule is [S]1[Ge]2[S][Ge]3[S][Ge]1[S][Ge]([S][Ge]14[S][Ge]5[S][Ge]([S][Ge]([S]5)[S]1)[S]4)([S]2)[S]3. The molecule has 8 fully saturated rings. The van der Waals surface area contributed by atoms with E-state index in [-0.39, 0.29) is 0 Å². The van der Waals surface area contributed by atoms with Gasteiger partial charge in [-0.1, -0.05) is 0 Å². The first-order valence-corrected chi connectivity index (χ1v) is 82.7. The molecule has 21 heteroatoms. The van der Waals surface area contributed by atoms with Crippen LogP contribution in [0.1, 0.15) is 0 Å². The Morgan fingerprint density at radius 3 is 0.905 bits per heavy atom. The van der Waals surface area contributed by atoms with Crippen molar-refractivity contribution in [1.82, 2.24) is 0 Å². The average Bonchev–Trinajstić information content (AvgIpc) is 2.33. The molecule has 0 amide bonds. The van der Waals surface area contributed by atoms with Gasteiger partial charge in [-0.05, 0) is 0 Å². The summed E-state index contributed by atoms with van der Waals surface area (Å²) in [6, 6.07) is 0. The first-order valence-electron chi connectivity index (χ1n) is 5.31. The second kappa shape index (κ2) is 8.35. The molecule has 0 nitrogen and oxygen atoms in total. The average molecular weight is 998 g/mol. The van der Waals surface area contributed by atoms with Crippen LogP contribution in [0.2, 0.25) is 0 Å². The quantitative estimate of drug-likeness (QED) is 0.326. The summed E-state index contributed by atoms with van der Waals surface area (Å²) in [5, 5.41) is 0. The Hall–Kier alpha value is 8.89. The van der Waals surface area contributed by atoms with Crippen molar-refractivity contribution in [2.75, 3.05) is 0 Å². The molecule has 8 aliphatic heterocycles. The molecule has 8 saturated heterocycles. The topological polar surface area (TPSA) is 0 Å². The molecule has 0 spiro atoms. The zero-order valence-corrected chi connectivity index (χ0v) is 36.7. The summed E-state index contributed by atoms with van der Waals surface area (Å²) in [5.74, 6) is 0. The summed E-state index contributed by atoms with van der Waals surface area (Å²) in [5.41, 5.74) is 0. The predicted octanol–water partition coefficient (Wildman–Crippen LogP) is 5.38. The van der Waals surface area contributed by atoms with E-state index in [0.717, 1.165) is 0 Å². The second-order valence-electron chi connectivity index (χ2n) is 3.83. The van der Waals surface area contributed by atoms with Gasteiger partial charge in [0.25, 0.3) is 0 Å². The second-order valence-corrected chi connectivity index (χ2v) is 224.